The average molecular weight is 339 g/mol. The largest absolute Gasteiger partial charge is 0.504 e. The first-order valence-corrected chi connectivity index (χ1v) is 8.31. The van der Waals surface area contributed by atoms with Crippen LogP contribution in [0.25, 0.3) is 0 Å². The zero-order valence-electron chi connectivity index (χ0n) is 14.3. The molecule has 0 spiro atoms. The van der Waals surface area contributed by atoms with Crippen LogP contribution in [-0.4, -0.2) is 28.4 Å². The Hall–Kier alpha value is -2.89. The Morgan fingerprint density at radius 1 is 1.32 bits per heavy atom. The van der Waals surface area contributed by atoms with E-state index < -0.39 is 5.92 Å². The topological polar surface area (TPSA) is 82.5 Å². The number of hydrogen-bond donors (Lipinski definition) is 2. The minimum absolute atomic E-state index is 0.0775. The van der Waals surface area contributed by atoms with E-state index in [0.29, 0.717) is 12.5 Å². The smallest absolute Gasteiger partial charge is 0.231 e. The number of benzene rings is 1. The van der Waals surface area contributed by atoms with Crippen LogP contribution in [0.4, 0.5) is 11.5 Å². The molecule has 2 amide bonds. The van der Waals surface area contributed by atoms with Gasteiger partial charge in [-0.25, -0.2) is 4.98 Å². The predicted octanol–water partition coefficient (Wildman–Crippen LogP) is 2.90. The molecule has 25 heavy (non-hydrogen) atoms. The highest BCUT2D eigenvalue weighted by Gasteiger charge is 2.35. The molecule has 130 valence electrons. The molecule has 1 aliphatic rings. The summed E-state index contributed by atoms with van der Waals surface area (Å²) in [6, 6.07) is 10.9. The molecule has 1 aromatic heterocycles. The van der Waals surface area contributed by atoms with Crippen LogP contribution < -0.4 is 10.2 Å². The van der Waals surface area contributed by atoms with Gasteiger partial charge in [0.1, 0.15) is 0 Å². The second kappa shape index (κ2) is 6.93. The molecule has 0 radical (unpaired) electrons. The van der Waals surface area contributed by atoms with E-state index in [0.717, 1.165) is 11.3 Å². The molecule has 1 aliphatic heterocycles. The van der Waals surface area contributed by atoms with Gasteiger partial charge in [-0.1, -0.05) is 26.0 Å². The first-order valence-electron chi connectivity index (χ1n) is 8.31. The molecule has 0 aliphatic carbocycles. The van der Waals surface area contributed by atoms with Crippen molar-refractivity contribution in [3.8, 4) is 5.75 Å². The lowest BCUT2D eigenvalue weighted by atomic mass is 10.0. The second-order valence-electron chi connectivity index (χ2n) is 6.52. The highest BCUT2D eigenvalue weighted by molar-refractivity contribution is 6.03. The number of rotatable bonds is 4. The molecule has 6 heteroatoms. The van der Waals surface area contributed by atoms with Gasteiger partial charge in [-0.3, -0.25) is 9.59 Å². The fourth-order valence-corrected chi connectivity index (χ4v) is 2.90. The van der Waals surface area contributed by atoms with Crippen molar-refractivity contribution in [2.24, 2.45) is 5.92 Å². The van der Waals surface area contributed by atoms with Crippen molar-refractivity contribution in [3.63, 3.8) is 0 Å². The van der Waals surface area contributed by atoms with Gasteiger partial charge in [0.25, 0.3) is 0 Å². The monoisotopic (exact) mass is 339 g/mol. The maximum atomic E-state index is 12.4. The number of hydrogen-bond acceptors (Lipinski definition) is 4. The van der Waals surface area contributed by atoms with Crippen LogP contribution in [0.15, 0.2) is 42.6 Å². The Morgan fingerprint density at radius 2 is 2.12 bits per heavy atom. The summed E-state index contributed by atoms with van der Waals surface area (Å²) < 4.78 is 0. The lowest BCUT2D eigenvalue weighted by Gasteiger charge is -2.18. The molecule has 1 saturated heterocycles. The highest BCUT2D eigenvalue weighted by atomic mass is 16.3. The first kappa shape index (κ1) is 17.0. The van der Waals surface area contributed by atoms with Gasteiger partial charge in [-0.15, -0.1) is 0 Å². The van der Waals surface area contributed by atoms with E-state index >= 15 is 0 Å². The SMILES string of the molecule is CC(C)c1cccc(N2C[C@H](C(=O)Nc3ncccc3O)CC2=O)c1. The summed E-state index contributed by atoms with van der Waals surface area (Å²) in [6.45, 7) is 4.51. The van der Waals surface area contributed by atoms with Crippen LogP contribution in [0.2, 0.25) is 0 Å². The molecule has 1 atom stereocenters. The highest BCUT2D eigenvalue weighted by Crippen LogP contribution is 2.29. The normalized spacial score (nSPS) is 17.2. The van der Waals surface area contributed by atoms with Crippen LogP contribution in [0.5, 0.6) is 5.75 Å². The minimum Gasteiger partial charge on any atom is -0.504 e. The van der Waals surface area contributed by atoms with Crippen molar-refractivity contribution in [1.29, 1.82) is 0 Å². The predicted molar refractivity (Wildman–Crippen MR) is 95.5 cm³/mol. The molecule has 3 rings (SSSR count). The Morgan fingerprint density at radius 3 is 2.84 bits per heavy atom. The molecule has 0 bridgehead atoms. The van der Waals surface area contributed by atoms with E-state index in [1.165, 1.54) is 12.3 Å². The van der Waals surface area contributed by atoms with Gasteiger partial charge in [0, 0.05) is 24.8 Å². The number of aromatic nitrogens is 1. The molecule has 6 nitrogen and oxygen atoms in total. The van der Waals surface area contributed by atoms with Crippen molar-refractivity contribution in [3.05, 3.63) is 48.2 Å². The van der Waals surface area contributed by atoms with E-state index in [9.17, 15) is 14.7 Å². The number of nitrogens with one attached hydrogen (secondary N) is 1. The maximum absolute atomic E-state index is 12.4. The van der Waals surface area contributed by atoms with E-state index in [2.05, 4.69) is 24.1 Å². The Labute approximate surface area is 146 Å². The summed E-state index contributed by atoms with van der Waals surface area (Å²) in [7, 11) is 0. The fourth-order valence-electron chi connectivity index (χ4n) is 2.90. The average Bonchev–Trinajstić information content (AvgIpc) is 2.99. The fraction of sp³-hybridized carbons (Fsp3) is 0.316. The van der Waals surface area contributed by atoms with Crippen LogP contribution in [0.1, 0.15) is 31.7 Å². The van der Waals surface area contributed by atoms with Crippen molar-refractivity contribution < 1.29 is 14.7 Å². The standard InChI is InChI=1S/C19H21N3O3/c1-12(2)13-5-3-6-15(9-13)22-11-14(10-17(22)24)19(25)21-18-16(23)7-4-8-20-18/h3-9,12,14,23H,10-11H2,1-2H3,(H,20,21,25)/t14-/m1/s1. The zero-order chi connectivity index (χ0) is 18.0. The maximum Gasteiger partial charge on any atom is 0.231 e. The minimum atomic E-state index is -0.475. The lowest BCUT2D eigenvalue weighted by molar-refractivity contribution is -0.122. The number of nitrogens with zero attached hydrogens (tertiary/aromatic N) is 2. The van der Waals surface area contributed by atoms with Crippen LogP contribution >= 0.6 is 0 Å². The summed E-state index contributed by atoms with van der Waals surface area (Å²) in [5.74, 6) is -0.487. The number of anilines is 2. The first-order chi connectivity index (χ1) is 12.0. The van der Waals surface area contributed by atoms with E-state index in [1.54, 1.807) is 11.0 Å². The molecule has 2 N–H and O–H groups in total. The van der Waals surface area contributed by atoms with Crippen LogP contribution in [0, 0.1) is 5.92 Å². The van der Waals surface area contributed by atoms with Crippen molar-refractivity contribution in [2.75, 3.05) is 16.8 Å². The molecule has 1 aromatic carbocycles. The molecule has 0 unspecified atom stereocenters. The van der Waals surface area contributed by atoms with Crippen LogP contribution in [0.3, 0.4) is 0 Å². The molecular formula is C19H21N3O3. The molecule has 2 heterocycles. The Bertz CT molecular complexity index is 804. The Kier molecular flexibility index (Phi) is 4.70. The number of carbonyl (C=O) groups excluding carboxylic acids is 2. The number of carbonyl (C=O) groups is 2. The summed E-state index contributed by atoms with van der Waals surface area (Å²) in [6.07, 6.45) is 1.63. The second-order valence-corrected chi connectivity index (χ2v) is 6.52. The number of amides is 2. The van der Waals surface area contributed by atoms with Crippen molar-refractivity contribution in [2.45, 2.75) is 26.2 Å². The summed E-state index contributed by atoms with van der Waals surface area (Å²) >= 11 is 0. The zero-order valence-corrected chi connectivity index (χ0v) is 14.3. The quantitative estimate of drug-likeness (QED) is 0.897. The third-order valence-electron chi connectivity index (χ3n) is 4.37. The van der Waals surface area contributed by atoms with Gasteiger partial charge in [-0.05, 0) is 35.7 Å². The van der Waals surface area contributed by atoms with Gasteiger partial charge in [0.05, 0.1) is 5.92 Å². The van der Waals surface area contributed by atoms with Gasteiger partial charge >= 0.3 is 0 Å². The lowest BCUT2D eigenvalue weighted by Crippen LogP contribution is -2.28. The number of pyridine rings is 1. The molecular weight excluding hydrogens is 318 g/mol. The molecule has 2 aromatic rings. The van der Waals surface area contributed by atoms with Gasteiger partial charge in [0.15, 0.2) is 11.6 Å². The van der Waals surface area contributed by atoms with E-state index in [-0.39, 0.29) is 29.8 Å². The van der Waals surface area contributed by atoms with Gasteiger partial charge < -0.3 is 15.3 Å². The summed E-state index contributed by atoms with van der Waals surface area (Å²) in [4.78, 5) is 30.4. The van der Waals surface area contributed by atoms with E-state index in [4.69, 9.17) is 0 Å². The van der Waals surface area contributed by atoms with Gasteiger partial charge in [0.2, 0.25) is 11.8 Å². The third kappa shape index (κ3) is 3.63. The summed E-state index contributed by atoms with van der Waals surface area (Å²) in [5, 5.41) is 12.3. The van der Waals surface area contributed by atoms with Crippen LogP contribution in [-0.2, 0) is 9.59 Å². The molecule has 1 fully saturated rings. The van der Waals surface area contributed by atoms with E-state index in [1.807, 2.05) is 24.3 Å². The van der Waals surface area contributed by atoms with Crippen molar-refractivity contribution >= 4 is 23.3 Å². The third-order valence-corrected chi connectivity index (χ3v) is 4.37. The van der Waals surface area contributed by atoms with Gasteiger partial charge in [-0.2, -0.15) is 0 Å². The summed E-state index contributed by atoms with van der Waals surface area (Å²) in [5.41, 5.74) is 1.96. The Balaban J connectivity index is 1.73. The van der Waals surface area contributed by atoms with Crippen molar-refractivity contribution in [1.82, 2.24) is 4.98 Å². The number of aromatic hydroxyl groups is 1. The molecule has 0 saturated carbocycles.